The molecule has 2 aliphatic rings. The summed E-state index contributed by atoms with van der Waals surface area (Å²) >= 11 is 0. The standard InChI is InChI=1S/C16H27N3O3/c1-22-16(21)19-11-8-14(9-12-19)18-15(20)17-10-7-13-5-3-2-4-6-13/h5,14H,2-4,6-12H2,1H3,(H2,17,18,20). The number of allylic oxidation sites excluding steroid dienone is 1. The lowest BCUT2D eigenvalue weighted by Crippen LogP contribution is -2.49. The molecular formula is C16H27N3O3. The highest BCUT2D eigenvalue weighted by molar-refractivity contribution is 5.74. The van der Waals surface area contributed by atoms with E-state index in [1.165, 1.54) is 38.4 Å². The van der Waals surface area contributed by atoms with Crippen molar-refractivity contribution in [2.24, 2.45) is 0 Å². The number of likely N-dealkylation sites (tertiary alicyclic amines) is 1. The topological polar surface area (TPSA) is 70.7 Å². The SMILES string of the molecule is COC(=O)N1CCC(NC(=O)NCCC2=CCCCC2)CC1. The lowest BCUT2D eigenvalue weighted by Gasteiger charge is -2.31. The number of ether oxygens (including phenoxy) is 1. The largest absolute Gasteiger partial charge is 0.453 e. The predicted octanol–water partition coefficient (Wildman–Crippen LogP) is 2.41. The van der Waals surface area contributed by atoms with E-state index in [1.54, 1.807) is 4.90 Å². The van der Waals surface area contributed by atoms with E-state index in [9.17, 15) is 9.59 Å². The highest BCUT2D eigenvalue weighted by atomic mass is 16.5. The molecule has 0 bridgehead atoms. The maximum Gasteiger partial charge on any atom is 0.409 e. The second-order valence-corrected chi connectivity index (χ2v) is 5.99. The van der Waals surface area contributed by atoms with Crippen molar-refractivity contribution in [3.63, 3.8) is 0 Å². The zero-order chi connectivity index (χ0) is 15.8. The van der Waals surface area contributed by atoms with E-state index in [1.807, 2.05) is 0 Å². The van der Waals surface area contributed by atoms with E-state index >= 15 is 0 Å². The van der Waals surface area contributed by atoms with Crippen LogP contribution in [0.2, 0.25) is 0 Å². The summed E-state index contributed by atoms with van der Waals surface area (Å²) in [6, 6.07) is 0.0303. The molecule has 1 heterocycles. The predicted molar refractivity (Wildman–Crippen MR) is 84.7 cm³/mol. The lowest BCUT2D eigenvalue weighted by atomic mass is 9.97. The van der Waals surface area contributed by atoms with Gasteiger partial charge in [-0.2, -0.15) is 0 Å². The van der Waals surface area contributed by atoms with Gasteiger partial charge in [-0.25, -0.2) is 9.59 Å². The fourth-order valence-corrected chi connectivity index (χ4v) is 3.04. The average Bonchev–Trinajstić information content (AvgIpc) is 2.56. The van der Waals surface area contributed by atoms with E-state index in [2.05, 4.69) is 16.7 Å². The first-order valence-electron chi connectivity index (χ1n) is 8.24. The molecule has 0 spiro atoms. The van der Waals surface area contributed by atoms with Crippen molar-refractivity contribution < 1.29 is 14.3 Å². The first kappa shape index (κ1) is 16.6. The van der Waals surface area contributed by atoms with Crippen molar-refractivity contribution in [2.75, 3.05) is 26.7 Å². The number of urea groups is 1. The highest BCUT2D eigenvalue weighted by Gasteiger charge is 2.24. The molecule has 1 aliphatic carbocycles. The Morgan fingerprint density at radius 3 is 2.73 bits per heavy atom. The molecule has 2 rings (SSSR count). The summed E-state index contributed by atoms with van der Waals surface area (Å²) in [6.07, 6.45) is 9.44. The van der Waals surface area contributed by atoms with Crippen LogP contribution in [0.3, 0.4) is 0 Å². The second-order valence-electron chi connectivity index (χ2n) is 5.99. The quantitative estimate of drug-likeness (QED) is 0.783. The zero-order valence-corrected chi connectivity index (χ0v) is 13.4. The molecule has 6 nitrogen and oxygen atoms in total. The average molecular weight is 309 g/mol. The van der Waals surface area contributed by atoms with Gasteiger partial charge in [0.1, 0.15) is 0 Å². The molecular weight excluding hydrogens is 282 g/mol. The van der Waals surface area contributed by atoms with Crippen molar-refractivity contribution in [2.45, 2.75) is 51.0 Å². The summed E-state index contributed by atoms with van der Waals surface area (Å²) < 4.78 is 4.70. The number of piperidine rings is 1. The molecule has 0 radical (unpaired) electrons. The molecule has 3 amide bonds. The third-order valence-corrected chi connectivity index (χ3v) is 4.38. The highest BCUT2D eigenvalue weighted by Crippen LogP contribution is 2.19. The summed E-state index contributed by atoms with van der Waals surface area (Å²) in [7, 11) is 1.39. The van der Waals surface area contributed by atoms with Crippen LogP contribution in [0.5, 0.6) is 0 Å². The second kappa shape index (κ2) is 8.66. The normalized spacial score (nSPS) is 19.3. The molecule has 2 N–H and O–H groups in total. The van der Waals surface area contributed by atoms with Crippen molar-refractivity contribution in [3.05, 3.63) is 11.6 Å². The van der Waals surface area contributed by atoms with Gasteiger partial charge in [0.05, 0.1) is 7.11 Å². The number of hydrogen-bond donors (Lipinski definition) is 2. The van der Waals surface area contributed by atoms with Gasteiger partial charge in [-0.15, -0.1) is 0 Å². The van der Waals surface area contributed by atoms with Gasteiger partial charge in [-0.3, -0.25) is 0 Å². The number of methoxy groups -OCH3 is 1. The van der Waals surface area contributed by atoms with E-state index in [4.69, 9.17) is 4.74 Å². The first-order valence-corrected chi connectivity index (χ1v) is 8.24. The Balaban J connectivity index is 1.59. The van der Waals surface area contributed by atoms with Crippen LogP contribution in [0.25, 0.3) is 0 Å². The summed E-state index contributed by atoms with van der Waals surface area (Å²) in [6.45, 7) is 1.95. The van der Waals surface area contributed by atoms with Crippen molar-refractivity contribution >= 4 is 12.1 Å². The third kappa shape index (κ3) is 5.24. The fourth-order valence-electron chi connectivity index (χ4n) is 3.04. The number of nitrogens with zero attached hydrogens (tertiary/aromatic N) is 1. The Kier molecular flexibility index (Phi) is 6.55. The van der Waals surface area contributed by atoms with Gasteiger partial charge in [-0.1, -0.05) is 11.6 Å². The van der Waals surface area contributed by atoms with Crippen LogP contribution in [0.4, 0.5) is 9.59 Å². The van der Waals surface area contributed by atoms with Crippen molar-refractivity contribution in [1.29, 1.82) is 0 Å². The molecule has 1 saturated heterocycles. The van der Waals surface area contributed by atoms with E-state index in [0.29, 0.717) is 19.6 Å². The minimum atomic E-state index is -0.288. The number of rotatable bonds is 4. The minimum Gasteiger partial charge on any atom is -0.453 e. The molecule has 1 aliphatic heterocycles. The third-order valence-electron chi connectivity index (χ3n) is 4.38. The maximum absolute atomic E-state index is 11.9. The Bertz CT molecular complexity index is 415. The van der Waals surface area contributed by atoms with Crippen LogP contribution < -0.4 is 10.6 Å². The van der Waals surface area contributed by atoms with Crippen molar-refractivity contribution in [1.82, 2.24) is 15.5 Å². The van der Waals surface area contributed by atoms with Gasteiger partial charge in [0.15, 0.2) is 0 Å². The summed E-state index contributed by atoms with van der Waals surface area (Å²) in [5, 5.41) is 5.91. The van der Waals surface area contributed by atoms with E-state index in [0.717, 1.165) is 19.3 Å². The van der Waals surface area contributed by atoms with Gasteiger partial charge < -0.3 is 20.3 Å². The molecule has 22 heavy (non-hydrogen) atoms. The number of nitrogens with one attached hydrogen (secondary N) is 2. The Labute approximate surface area is 132 Å². The molecule has 1 fully saturated rings. The van der Waals surface area contributed by atoms with E-state index < -0.39 is 0 Å². The number of amides is 3. The fraction of sp³-hybridized carbons (Fsp3) is 0.750. The zero-order valence-electron chi connectivity index (χ0n) is 13.4. The van der Waals surface area contributed by atoms with Gasteiger partial charge in [0, 0.05) is 25.7 Å². The summed E-state index contributed by atoms with van der Waals surface area (Å²) in [5.74, 6) is 0. The number of hydrogen-bond acceptors (Lipinski definition) is 3. The van der Waals surface area contributed by atoms with E-state index in [-0.39, 0.29) is 18.2 Å². The Hall–Kier alpha value is -1.72. The molecule has 0 saturated carbocycles. The smallest absolute Gasteiger partial charge is 0.409 e. The van der Waals surface area contributed by atoms with Crippen LogP contribution in [0.15, 0.2) is 11.6 Å². The summed E-state index contributed by atoms with van der Waals surface area (Å²) in [5.41, 5.74) is 1.47. The van der Waals surface area contributed by atoms with Gasteiger partial charge in [-0.05, 0) is 44.9 Å². The molecule has 0 atom stereocenters. The van der Waals surface area contributed by atoms with Crippen LogP contribution in [-0.4, -0.2) is 49.8 Å². The molecule has 0 aromatic rings. The lowest BCUT2D eigenvalue weighted by molar-refractivity contribution is 0.110. The molecule has 0 aromatic carbocycles. The molecule has 124 valence electrons. The maximum atomic E-state index is 11.9. The number of carbonyl (C=O) groups excluding carboxylic acids is 2. The summed E-state index contributed by atoms with van der Waals surface area (Å²) in [4.78, 5) is 24.9. The monoisotopic (exact) mass is 309 g/mol. The molecule has 6 heteroatoms. The van der Waals surface area contributed by atoms with Crippen LogP contribution in [0, 0.1) is 0 Å². The van der Waals surface area contributed by atoms with Crippen LogP contribution >= 0.6 is 0 Å². The van der Waals surface area contributed by atoms with Crippen LogP contribution in [0.1, 0.15) is 44.9 Å². The number of carbonyl (C=O) groups is 2. The molecule has 0 unspecified atom stereocenters. The Morgan fingerprint density at radius 2 is 2.09 bits per heavy atom. The van der Waals surface area contributed by atoms with Gasteiger partial charge in [0.2, 0.25) is 0 Å². The van der Waals surface area contributed by atoms with Gasteiger partial charge in [0.25, 0.3) is 0 Å². The van der Waals surface area contributed by atoms with Gasteiger partial charge >= 0.3 is 12.1 Å². The van der Waals surface area contributed by atoms with Crippen molar-refractivity contribution in [3.8, 4) is 0 Å². The van der Waals surface area contributed by atoms with Crippen LogP contribution in [-0.2, 0) is 4.74 Å². The Morgan fingerprint density at radius 1 is 1.32 bits per heavy atom. The first-order chi connectivity index (χ1) is 10.7. The molecule has 0 aromatic heterocycles. The minimum absolute atomic E-state index is 0.104.